The van der Waals surface area contributed by atoms with Crippen LogP contribution < -0.4 is 0 Å². The molecule has 0 N–H and O–H groups in total. The number of esters is 3. The van der Waals surface area contributed by atoms with Crippen LogP contribution in [0.4, 0.5) is 0 Å². The number of carbonyl (C=O) groups is 3. The van der Waals surface area contributed by atoms with Gasteiger partial charge in [-0.3, -0.25) is 14.4 Å². The summed E-state index contributed by atoms with van der Waals surface area (Å²) in [6, 6.07) is 0. The number of hydrogen-bond donors (Lipinski definition) is 0. The van der Waals surface area contributed by atoms with Crippen molar-refractivity contribution in [3.8, 4) is 0 Å². The Bertz CT molecular complexity index is 1870. The fourth-order valence-electron chi connectivity index (χ4n) is 8.60. The van der Waals surface area contributed by atoms with Gasteiger partial charge in [-0.05, 0) is 122 Å². The van der Waals surface area contributed by atoms with Gasteiger partial charge in [-0.15, -0.1) is 0 Å². The molecule has 6 heteroatoms. The number of rotatable bonds is 58. The van der Waals surface area contributed by atoms with Crippen LogP contribution in [-0.2, 0) is 28.6 Å². The average molecular weight is 1130 g/mol. The van der Waals surface area contributed by atoms with E-state index < -0.39 is 12.1 Å². The maximum atomic E-state index is 12.9. The molecule has 0 aromatic carbocycles. The highest BCUT2D eigenvalue weighted by molar-refractivity contribution is 5.71. The molecule has 1 unspecified atom stereocenters. The Balaban J connectivity index is 4.57. The molecule has 0 saturated carbocycles. The Kier molecular flexibility index (Phi) is 63.9. The van der Waals surface area contributed by atoms with Gasteiger partial charge < -0.3 is 14.2 Å². The summed E-state index contributed by atoms with van der Waals surface area (Å²) in [7, 11) is 0. The topological polar surface area (TPSA) is 78.9 Å². The van der Waals surface area contributed by atoms with Crippen LogP contribution in [0, 0.1) is 0 Å². The number of carbonyl (C=O) groups excluding carboxylic acids is 3. The maximum Gasteiger partial charge on any atom is 0.306 e. The lowest BCUT2D eigenvalue weighted by atomic mass is 10.0. The average Bonchev–Trinajstić information content (AvgIpc) is 3.47. The molecule has 0 rings (SSSR count). The summed E-state index contributed by atoms with van der Waals surface area (Å²) in [6.07, 6.45) is 101. The number of hydrogen-bond acceptors (Lipinski definition) is 6. The zero-order chi connectivity index (χ0) is 59.2. The lowest BCUT2D eigenvalue weighted by Gasteiger charge is -2.18. The molecule has 0 amide bonds. The van der Waals surface area contributed by atoms with Gasteiger partial charge in [0, 0.05) is 19.3 Å². The smallest absolute Gasteiger partial charge is 0.306 e. The number of allylic oxidation sites excluding steroid dienone is 28. The van der Waals surface area contributed by atoms with Gasteiger partial charge in [0.2, 0.25) is 0 Å². The molecule has 0 bridgehead atoms. The van der Waals surface area contributed by atoms with Crippen LogP contribution in [0.25, 0.3) is 0 Å². The number of ether oxygens (including phenoxy) is 3. The second-order valence-corrected chi connectivity index (χ2v) is 21.3. The Morgan fingerprint density at radius 1 is 0.256 bits per heavy atom. The predicted molar refractivity (Wildman–Crippen MR) is 357 cm³/mol. The van der Waals surface area contributed by atoms with E-state index in [4.69, 9.17) is 14.2 Å². The largest absolute Gasteiger partial charge is 0.462 e. The Hall–Kier alpha value is -5.23. The molecule has 460 valence electrons. The summed E-state index contributed by atoms with van der Waals surface area (Å²) in [6.45, 7) is 6.32. The summed E-state index contributed by atoms with van der Waals surface area (Å²) in [4.78, 5) is 38.3. The SMILES string of the molecule is CC/C=C\C/C=C\C/C=C\C/C=C\C/C=C\C/C=C\C/C=C\C/C=C\CCCCC(=O)OCC(COC(=O)CCCCCCCCCCCCCCCCCCCC)OC(=O)CC/C=C\C/C=C\C/C=C\C/C=C\C/C=C\C/C=C\CC. The Morgan fingerprint density at radius 2 is 0.500 bits per heavy atom. The van der Waals surface area contributed by atoms with Crippen LogP contribution in [0.15, 0.2) is 170 Å². The molecule has 0 heterocycles. The molecule has 0 aromatic rings. The molecular formula is C76H120O6. The molecule has 0 aliphatic rings. The van der Waals surface area contributed by atoms with Crippen molar-refractivity contribution in [1.82, 2.24) is 0 Å². The van der Waals surface area contributed by atoms with Crippen molar-refractivity contribution in [3.63, 3.8) is 0 Å². The summed E-state index contributed by atoms with van der Waals surface area (Å²) in [5.74, 6) is -1.06. The third kappa shape index (κ3) is 65.6. The quantitative estimate of drug-likeness (QED) is 0.0261. The van der Waals surface area contributed by atoms with E-state index in [-0.39, 0.29) is 38.0 Å². The molecule has 0 saturated heterocycles. The summed E-state index contributed by atoms with van der Waals surface area (Å²) >= 11 is 0. The van der Waals surface area contributed by atoms with Crippen molar-refractivity contribution in [2.45, 2.75) is 277 Å². The molecule has 0 radical (unpaired) electrons. The minimum Gasteiger partial charge on any atom is -0.462 e. The van der Waals surface area contributed by atoms with Crippen molar-refractivity contribution in [3.05, 3.63) is 170 Å². The summed E-state index contributed by atoms with van der Waals surface area (Å²) < 4.78 is 16.8. The molecule has 0 spiro atoms. The summed E-state index contributed by atoms with van der Waals surface area (Å²) in [5.41, 5.74) is 0. The second kappa shape index (κ2) is 68.3. The van der Waals surface area contributed by atoms with Crippen molar-refractivity contribution in [1.29, 1.82) is 0 Å². The van der Waals surface area contributed by atoms with E-state index in [0.29, 0.717) is 19.3 Å². The lowest BCUT2D eigenvalue weighted by molar-refractivity contribution is -0.166. The zero-order valence-corrected chi connectivity index (χ0v) is 52.7. The van der Waals surface area contributed by atoms with Gasteiger partial charge >= 0.3 is 17.9 Å². The molecule has 0 fully saturated rings. The van der Waals surface area contributed by atoms with Gasteiger partial charge in [0.05, 0.1) is 0 Å². The van der Waals surface area contributed by atoms with Crippen molar-refractivity contribution >= 4 is 17.9 Å². The van der Waals surface area contributed by atoms with Gasteiger partial charge in [0.25, 0.3) is 0 Å². The van der Waals surface area contributed by atoms with E-state index in [1.165, 1.54) is 96.3 Å². The fourth-order valence-corrected chi connectivity index (χ4v) is 8.60. The van der Waals surface area contributed by atoms with Crippen LogP contribution in [0.3, 0.4) is 0 Å². The van der Waals surface area contributed by atoms with Crippen molar-refractivity contribution < 1.29 is 28.6 Å². The molecular weight excluding hydrogens is 1010 g/mol. The van der Waals surface area contributed by atoms with Crippen LogP contribution in [-0.4, -0.2) is 37.2 Å². The second-order valence-electron chi connectivity index (χ2n) is 21.3. The van der Waals surface area contributed by atoms with Gasteiger partial charge in [-0.25, -0.2) is 0 Å². The fraction of sp³-hybridized carbons (Fsp3) is 0.592. The molecule has 0 aromatic heterocycles. The van der Waals surface area contributed by atoms with E-state index in [0.717, 1.165) is 122 Å². The first kappa shape index (κ1) is 76.8. The van der Waals surface area contributed by atoms with E-state index >= 15 is 0 Å². The molecule has 1 atom stereocenters. The maximum absolute atomic E-state index is 12.9. The molecule has 0 aliphatic carbocycles. The zero-order valence-electron chi connectivity index (χ0n) is 52.7. The highest BCUT2D eigenvalue weighted by atomic mass is 16.6. The lowest BCUT2D eigenvalue weighted by Crippen LogP contribution is -2.30. The van der Waals surface area contributed by atoms with E-state index in [2.05, 4.69) is 179 Å². The Labute approximate surface area is 504 Å². The third-order valence-electron chi connectivity index (χ3n) is 13.5. The van der Waals surface area contributed by atoms with E-state index in [9.17, 15) is 14.4 Å². The van der Waals surface area contributed by atoms with E-state index in [1.807, 2.05) is 12.2 Å². The minimum absolute atomic E-state index is 0.128. The van der Waals surface area contributed by atoms with Gasteiger partial charge in [0.15, 0.2) is 6.10 Å². The van der Waals surface area contributed by atoms with Crippen LogP contribution >= 0.6 is 0 Å². The van der Waals surface area contributed by atoms with Crippen LogP contribution in [0.1, 0.15) is 271 Å². The highest BCUT2D eigenvalue weighted by Crippen LogP contribution is 2.16. The predicted octanol–water partition coefficient (Wildman–Crippen LogP) is 23.0. The molecule has 6 nitrogen and oxygen atoms in total. The van der Waals surface area contributed by atoms with Crippen LogP contribution in [0.5, 0.6) is 0 Å². The first-order chi connectivity index (χ1) is 40.5. The Morgan fingerprint density at radius 3 is 0.793 bits per heavy atom. The van der Waals surface area contributed by atoms with Crippen molar-refractivity contribution in [2.75, 3.05) is 13.2 Å². The molecule has 0 aliphatic heterocycles. The standard InChI is InChI=1S/C76H120O6/c1-4-7-10-13-16-19-22-25-28-31-34-35-36-37-38-39-40-41-43-45-48-51-54-57-60-63-66-69-75(78)81-72-73(71-80-74(77)68-65-62-59-56-53-50-47-44-33-30-27-24-21-18-15-12-9-6-3)82-76(79)70-67-64-61-58-55-52-49-46-42-32-29-26-23-20-17-14-11-8-5-2/h7-8,10-11,16-17,19-20,25-26,28-29,34-35,37-38,40-42,45-46,48,52,54-55,57,61,64,73H,4-6,9,12-15,18,21-24,27,30-33,36,39,43-44,47,49-51,53,56,58-60,62-63,65-72H2,1-3H3/b10-7-,11-8-,19-16-,20-17-,28-25-,29-26-,35-34-,38-37-,41-40-,46-42-,48-45-,55-52-,57-54-,64-61-. The number of unbranched alkanes of at least 4 members (excludes halogenated alkanes) is 19. The first-order valence-electron chi connectivity index (χ1n) is 33.1. The van der Waals surface area contributed by atoms with E-state index in [1.54, 1.807) is 0 Å². The van der Waals surface area contributed by atoms with Crippen molar-refractivity contribution in [2.24, 2.45) is 0 Å². The van der Waals surface area contributed by atoms with Gasteiger partial charge in [-0.2, -0.15) is 0 Å². The third-order valence-corrected chi connectivity index (χ3v) is 13.5. The molecule has 82 heavy (non-hydrogen) atoms. The van der Waals surface area contributed by atoms with Crippen LogP contribution in [0.2, 0.25) is 0 Å². The first-order valence-corrected chi connectivity index (χ1v) is 33.1. The normalized spacial score (nSPS) is 13.3. The van der Waals surface area contributed by atoms with Gasteiger partial charge in [-0.1, -0.05) is 300 Å². The monoisotopic (exact) mass is 1130 g/mol. The minimum atomic E-state index is -0.846. The van der Waals surface area contributed by atoms with Gasteiger partial charge in [0.1, 0.15) is 13.2 Å². The summed E-state index contributed by atoms with van der Waals surface area (Å²) in [5, 5.41) is 0. The highest BCUT2D eigenvalue weighted by Gasteiger charge is 2.19.